The molecule has 1 aromatic heterocycles. The van der Waals surface area contributed by atoms with Crippen molar-refractivity contribution in [2.24, 2.45) is 7.05 Å². The van der Waals surface area contributed by atoms with Crippen LogP contribution in [-0.4, -0.2) is 40.1 Å². The van der Waals surface area contributed by atoms with Crippen LogP contribution in [0.1, 0.15) is 36.2 Å². The maximum absolute atomic E-state index is 12.5. The van der Waals surface area contributed by atoms with E-state index in [1.165, 1.54) is 0 Å². The second-order valence-corrected chi connectivity index (χ2v) is 4.84. The molecule has 2 rings (SSSR count). The molecule has 1 aromatic rings. The number of ketones is 1. The third-order valence-corrected chi connectivity index (χ3v) is 3.66. The maximum atomic E-state index is 12.5. The van der Waals surface area contributed by atoms with E-state index in [0.717, 1.165) is 25.7 Å². The molecule has 1 aliphatic carbocycles. The summed E-state index contributed by atoms with van der Waals surface area (Å²) in [5.74, 6) is 0.176. The molecule has 1 fully saturated rings. The molecule has 0 radical (unpaired) electrons. The first-order chi connectivity index (χ1) is 7.56. The SMILES string of the molecule is CN(C)C1(C(=O)c2ccn(C)n2)CCCC1. The monoisotopic (exact) mass is 221 g/mol. The Bertz CT molecular complexity index is 389. The van der Waals surface area contributed by atoms with Crippen LogP contribution in [0.15, 0.2) is 12.3 Å². The Morgan fingerprint density at radius 1 is 1.44 bits per heavy atom. The van der Waals surface area contributed by atoms with Crippen LogP contribution in [0.4, 0.5) is 0 Å². The lowest BCUT2D eigenvalue weighted by Gasteiger charge is -2.33. The summed E-state index contributed by atoms with van der Waals surface area (Å²) in [4.78, 5) is 14.6. The number of likely N-dealkylation sites (N-methyl/N-ethyl adjacent to an activating group) is 1. The standard InChI is InChI=1S/C12H19N3O/c1-14(2)12(7-4-5-8-12)11(16)10-6-9-15(3)13-10/h6,9H,4-5,7-8H2,1-3H3. The van der Waals surface area contributed by atoms with E-state index in [1.54, 1.807) is 4.68 Å². The van der Waals surface area contributed by atoms with E-state index in [9.17, 15) is 4.79 Å². The van der Waals surface area contributed by atoms with Gasteiger partial charge in [0.25, 0.3) is 0 Å². The molecular weight excluding hydrogens is 202 g/mol. The Kier molecular flexibility index (Phi) is 2.84. The summed E-state index contributed by atoms with van der Waals surface area (Å²) >= 11 is 0. The van der Waals surface area contributed by atoms with Crippen LogP contribution >= 0.6 is 0 Å². The van der Waals surface area contributed by atoms with Crippen molar-refractivity contribution in [2.75, 3.05) is 14.1 Å². The average Bonchev–Trinajstić information content (AvgIpc) is 2.85. The molecule has 0 N–H and O–H groups in total. The van der Waals surface area contributed by atoms with Crippen molar-refractivity contribution in [2.45, 2.75) is 31.2 Å². The zero-order valence-electron chi connectivity index (χ0n) is 10.2. The molecule has 0 spiro atoms. The number of aromatic nitrogens is 2. The summed E-state index contributed by atoms with van der Waals surface area (Å²) < 4.78 is 1.69. The minimum Gasteiger partial charge on any atom is -0.297 e. The Hall–Kier alpha value is -1.16. The fourth-order valence-electron chi connectivity index (χ4n) is 2.61. The van der Waals surface area contributed by atoms with Crippen LogP contribution in [0.5, 0.6) is 0 Å². The fourth-order valence-corrected chi connectivity index (χ4v) is 2.61. The van der Waals surface area contributed by atoms with Gasteiger partial charge in [-0.3, -0.25) is 14.4 Å². The van der Waals surface area contributed by atoms with Gasteiger partial charge in [-0.25, -0.2) is 0 Å². The van der Waals surface area contributed by atoms with Gasteiger partial charge in [-0.15, -0.1) is 0 Å². The van der Waals surface area contributed by atoms with Gasteiger partial charge in [0.2, 0.25) is 5.78 Å². The molecule has 4 heteroatoms. The topological polar surface area (TPSA) is 38.1 Å². The van der Waals surface area contributed by atoms with E-state index >= 15 is 0 Å². The summed E-state index contributed by atoms with van der Waals surface area (Å²) in [5, 5.41) is 4.22. The van der Waals surface area contributed by atoms with Crippen molar-refractivity contribution in [3.63, 3.8) is 0 Å². The van der Waals surface area contributed by atoms with Crippen LogP contribution in [0.25, 0.3) is 0 Å². The van der Waals surface area contributed by atoms with Crippen LogP contribution in [0, 0.1) is 0 Å². The van der Waals surface area contributed by atoms with Gasteiger partial charge in [-0.05, 0) is 33.0 Å². The first kappa shape index (κ1) is 11.3. The molecule has 0 bridgehead atoms. The molecule has 0 aliphatic heterocycles. The van der Waals surface area contributed by atoms with Crippen LogP contribution < -0.4 is 0 Å². The lowest BCUT2D eigenvalue weighted by Crippen LogP contribution is -2.49. The van der Waals surface area contributed by atoms with Gasteiger partial charge in [0.1, 0.15) is 5.69 Å². The first-order valence-corrected chi connectivity index (χ1v) is 5.78. The van der Waals surface area contributed by atoms with E-state index < -0.39 is 0 Å². The number of rotatable bonds is 3. The number of aryl methyl sites for hydroxylation is 1. The Morgan fingerprint density at radius 2 is 2.06 bits per heavy atom. The smallest absolute Gasteiger partial charge is 0.203 e. The number of carbonyl (C=O) groups is 1. The highest BCUT2D eigenvalue weighted by atomic mass is 16.1. The van der Waals surface area contributed by atoms with E-state index in [2.05, 4.69) is 10.00 Å². The van der Waals surface area contributed by atoms with E-state index in [1.807, 2.05) is 33.4 Å². The second kappa shape index (κ2) is 4.01. The van der Waals surface area contributed by atoms with Crippen molar-refractivity contribution >= 4 is 5.78 Å². The lowest BCUT2D eigenvalue weighted by atomic mass is 9.89. The molecule has 0 amide bonds. The van der Waals surface area contributed by atoms with Gasteiger partial charge in [-0.1, -0.05) is 12.8 Å². The summed E-state index contributed by atoms with van der Waals surface area (Å²) in [6, 6.07) is 1.81. The molecule has 0 atom stereocenters. The average molecular weight is 221 g/mol. The van der Waals surface area contributed by atoms with Crippen molar-refractivity contribution in [3.8, 4) is 0 Å². The molecule has 0 saturated heterocycles. The molecule has 0 aromatic carbocycles. The zero-order valence-corrected chi connectivity index (χ0v) is 10.2. The first-order valence-electron chi connectivity index (χ1n) is 5.78. The van der Waals surface area contributed by atoms with E-state index in [-0.39, 0.29) is 11.3 Å². The van der Waals surface area contributed by atoms with Gasteiger partial charge >= 0.3 is 0 Å². The second-order valence-electron chi connectivity index (χ2n) is 4.84. The molecule has 16 heavy (non-hydrogen) atoms. The minimum absolute atomic E-state index is 0.176. The third-order valence-electron chi connectivity index (χ3n) is 3.66. The largest absolute Gasteiger partial charge is 0.297 e. The zero-order chi connectivity index (χ0) is 11.8. The van der Waals surface area contributed by atoms with Crippen LogP contribution in [0.2, 0.25) is 0 Å². The Labute approximate surface area is 96.2 Å². The van der Waals surface area contributed by atoms with E-state index in [0.29, 0.717) is 5.69 Å². The molecule has 1 heterocycles. The third kappa shape index (κ3) is 1.67. The van der Waals surface area contributed by atoms with Gasteiger partial charge in [0, 0.05) is 13.2 Å². The predicted octanol–water partition coefficient (Wildman–Crippen LogP) is 1.48. The number of hydrogen-bond donors (Lipinski definition) is 0. The number of Topliss-reactive ketones (excluding diaryl/α,β-unsaturated/α-hetero) is 1. The number of hydrogen-bond acceptors (Lipinski definition) is 3. The molecule has 4 nitrogen and oxygen atoms in total. The van der Waals surface area contributed by atoms with Gasteiger partial charge < -0.3 is 0 Å². The molecular formula is C12H19N3O. The van der Waals surface area contributed by atoms with E-state index in [4.69, 9.17) is 0 Å². The summed E-state index contributed by atoms with van der Waals surface area (Å²) in [5.41, 5.74) is 0.284. The molecule has 0 unspecified atom stereocenters. The lowest BCUT2D eigenvalue weighted by molar-refractivity contribution is 0.0687. The van der Waals surface area contributed by atoms with Crippen molar-refractivity contribution in [1.82, 2.24) is 14.7 Å². The maximum Gasteiger partial charge on any atom is 0.203 e. The summed E-state index contributed by atoms with van der Waals surface area (Å²) in [6.45, 7) is 0. The molecule has 1 aliphatic rings. The highest BCUT2D eigenvalue weighted by molar-refractivity contribution is 6.01. The highest BCUT2D eigenvalue weighted by Gasteiger charge is 2.44. The van der Waals surface area contributed by atoms with Crippen LogP contribution in [-0.2, 0) is 7.05 Å². The number of nitrogens with zero attached hydrogens (tertiary/aromatic N) is 3. The molecule has 1 saturated carbocycles. The summed E-state index contributed by atoms with van der Waals surface area (Å²) in [6.07, 6.45) is 6.00. The minimum atomic E-state index is -0.311. The highest BCUT2D eigenvalue weighted by Crippen LogP contribution is 2.36. The van der Waals surface area contributed by atoms with Gasteiger partial charge in [-0.2, -0.15) is 5.10 Å². The fraction of sp³-hybridized carbons (Fsp3) is 0.667. The molecule has 88 valence electrons. The van der Waals surface area contributed by atoms with Crippen molar-refractivity contribution in [1.29, 1.82) is 0 Å². The Balaban J connectivity index is 2.31. The Morgan fingerprint density at radius 3 is 2.50 bits per heavy atom. The quantitative estimate of drug-likeness (QED) is 0.726. The van der Waals surface area contributed by atoms with Crippen molar-refractivity contribution in [3.05, 3.63) is 18.0 Å². The van der Waals surface area contributed by atoms with Gasteiger partial charge in [0.05, 0.1) is 5.54 Å². The van der Waals surface area contributed by atoms with Crippen LogP contribution in [0.3, 0.4) is 0 Å². The summed E-state index contributed by atoms with van der Waals surface area (Å²) in [7, 11) is 5.83. The predicted molar refractivity (Wildman–Crippen MR) is 62.4 cm³/mol. The number of carbonyl (C=O) groups excluding carboxylic acids is 1. The van der Waals surface area contributed by atoms with Gasteiger partial charge in [0.15, 0.2) is 0 Å². The van der Waals surface area contributed by atoms with Crippen molar-refractivity contribution < 1.29 is 4.79 Å². The normalized spacial score (nSPS) is 19.2.